The van der Waals surface area contributed by atoms with Gasteiger partial charge in [0, 0.05) is 35.0 Å². The topological polar surface area (TPSA) is 29.3 Å². The molecule has 110 valence electrons. The number of rotatable bonds is 7. The number of benzene rings is 1. The van der Waals surface area contributed by atoms with Gasteiger partial charge in [-0.3, -0.25) is 4.40 Å². The second-order valence-corrected chi connectivity index (χ2v) is 6.86. The minimum absolute atomic E-state index is 0.918. The van der Waals surface area contributed by atoms with Crippen LogP contribution in [0.3, 0.4) is 0 Å². The van der Waals surface area contributed by atoms with Crippen LogP contribution < -0.4 is 5.32 Å². The van der Waals surface area contributed by atoms with Crippen LogP contribution in [-0.2, 0) is 12.3 Å². The molecule has 0 aliphatic rings. The van der Waals surface area contributed by atoms with Crippen LogP contribution in [0.5, 0.6) is 0 Å². The Labute approximate surface area is 133 Å². The Morgan fingerprint density at radius 1 is 1.29 bits per heavy atom. The lowest BCUT2D eigenvalue weighted by atomic mass is 10.2. The monoisotopic (exact) mass is 317 g/mol. The van der Waals surface area contributed by atoms with Crippen molar-refractivity contribution in [1.82, 2.24) is 14.7 Å². The first-order valence-corrected chi connectivity index (χ1v) is 9.05. The molecule has 21 heavy (non-hydrogen) atoms. The third-order valence-electron chi connectivity index (χ3n) is 3.21. The van der Waals surface area contributed by atoms with Crippen LogP contribution in [-0.4, -0.2) is 15.9 Å². The molecule has 0 atom stereocenters. The molecule has 0 amide bonds. The van der Waals surface area contributed by atoms with Crippen LogP contribution in [0.25, 0.3) is 4.96 Å². The number of fused-ring (bicyclic) bond motifs is 1. The van der Waals surface area contributed by atoms with E-state index in [1.54, 1.807) is 11.3 Å². The number of hydrogen-bond donors (Lipinski definition) is 1. The van der Waals surface area contributed by atoms with Crippen molar-refractivity contribution >= 4 is 28.1 Å². The van der Waals surface area contributed by atoms with E-state index in [4.69, 9.17) is 0 Å². The number of aromatic nitrogens is 2. The number of hydrogen-bond acceptors (Lipinski definition) is 4. The average molecular weight is 317 g/mol. The summed E-state index contributed by atoms with van der Waals surface area (Å²) in [6.45, 7) is 4.22. The molecule has 1 N–H and O–H groups in total. The van der Waals surface area contributed by atoms with Crippen LogP contribution in [0.2, 0.25) is 0 Å². The van der Waals surface area contributed by atoms with Crippen molar-refractivity contribution in [2.24, 2.45) is 0 Å². The van der Waals surface area contributed by atoms with Crippen LogP contribution in [0.15, 0.2) is 46.9 Å². The highest BCUT2D eigenvalue weighted by atomic mass is 32.2. The first kappa shape index (κ1) is 14.6. The maximum atomic E-state index is 4.61. The van der Waals surface area contributed by atoms with Gasteiger partial charge in [-0.05, 0) is 30.7 Å². The summed E-state index contributed by atoms with van der Waals surface area (Å²) in [4.78, 5) is 6.97. The van der Waals surface area contributed by atoms with E-state index in [-0.39, 0.29) is 0 Å². The Hall–Kier alpha value is -1.30. The van der Waals surface area contributed by atoms with Crippen molar-refractivity contribution in [1.29, 1.82) is 0 Å². The highest BCUT2D eigenvalue weighted by molar-refractivity contribution is 7.98. The molecule has 0 aliphatic heterocycles. The van der Waals surface area contributed by atoms with Gasteiger partial charge < -0.3 is 5.32 Å². The molecular weight excluding hydrogens is 298 g/mol. The number of nitrogens with one attached hydrogen (secondary N) is 1. The van der Waals surface area contributed by atoms with Gasteiger partial charge in [0.1, 0.15) is 0 Å². The van der Waals surface area contributed by atoms with Crippen LogP contribution in [0.4, 0.5) is 0 Å². The molecule has 0 unspecified atom stereocenters. The fourth-order valence-corrected chi connectivity index (χ4v) is 3.62. The Kier molecular flexibility index (Phi) is 4.95. The zero-order valence-electron chi connectivity index (χ0n) is 12.1. The Balaban J connectivity index is 1.54. The molecule has 0 spiro atoms. The highest BCUT2D eigenvalue weighted by Gasteiger charge is 2.03. The molecule has 3 nitrogen and oxygen atoms in total. The second kappa shape index (κ2) is 7.11. The van der Waals surface area contributed by atoms with Gasteiger partial charge in [0.15, 0.2) is 4.96 Å². The first-order chi connectivity index (χ1) is 10.3. The molecule has 2 aromatic heterocycles. The molecule has 2 heterocycles. The first-order valence-electron chi connectivity index (χ1n) is 7.18. The lowest BCUT2D eigenvalue weighted by Crippen LogP contribution is -2.13. The number of imidazole rings is 1. The molecular formula is C16H19N3S2. The summed E-state index contributed by atoms with van der Waals surface area (Å²) >= 11 is 3.51. The summed E-state index contributed by atoms with van der Waals surface area (Å²) in [5.74, 6) is 0.918. The van der Waals surface area contributed by atoms with E-state index in [1.165, 1.54) is 16.9 Å². The van der Waals surface area contributed by atoms with E-state index in [2.05, 4.69) is 63.7 Å². The summed E-state index contributed by atoms with van der Waals surface area (Å²) in [5, 5.41) is 5.48. The molecule has 0 saturated heterocycles. The summed E-state index contributed by atoms with van der Waals surface area (Å²) in [6, 6.07) is 8.81. The maximum absolute atomic E-state index is 4.61. The largest absolute Gasteiger partial charge is 0.313 e. The molecule has 0 fully saturated rings. The Morgan fingerprint density at radius 3 is 2.90 bits per heavy atom. The maximum Gasteiger partial charge on any atom is 0.193 e. The van der Waals surface area contributed by atoms with Gasteiger partial charge in [0.2, 0.25) is 0 Å². The van der Waals surface area contributed by atoms with E-state index < -0.39 is 0 Å². The van der Waals surface area contributed by atoms with E-state index in [0.29, 0.717) is 0 Å². The Bertz CT molecular complexity index is 656. The van der Waals surface area contributed by atoms with Gasteiger partial charge in [-0.25, -0.2) is 4.98 Å². The zero-order chi connectivity index (χ0) is 14.5. The Morgan fingerprint density at radius 2 is 2.14 bits per heavy atom. The van der Waals surface area contributed by atoms with Gasteiger partial charge in [-0.2, -0.15) is 0 Å². The van der Waals surface area contributed by atoms with Gasteiger partial charge >= 0.3 is 0 Å². The summed E-state index contributed by atoms with van der Waals surface area (Å²) in [5.41, 5.74) is 2.48. The lowest BCUT2D eigenvalue weighted by Gasteiger charge is -2.04. The van der Waals surface area contributed by atoms with Gasteiger partial charge in [0.05, 0.1) is 5.69 Å². The van der Waals surface area contributed by atoms with Gasteiger partial charge in [0.25, 0.3) is 0 Å². The van der Waals surface area contributed by atoms with Crippen LogP contribution in [0, 0.1) is 0 Å². The summed E-state index contributed by atoms with van der Waals surface area (Å²) in [6.07, 6.45) is 5.34. The molecule has 3 rings (SSSR count). The summed E-state index contributed by atoms with van der Waals surface area (Å²) in [7, 11) is 0. The van der Waals surface area contributed by atoms with Crippen LogP contribution in [0.1, 0.15) is 24.6 Å². The molecule has 5 heteroatoms. The smallest absolute Gasteiger partial charge is 0.193 e. The zero-order valence-corrected chi connectivity index (χ0v) is 13.7. The second-order valence-electron chi connectivity index (χ2n) is 4.93. The normalized spacial score (nSPS) is 11.3. The van der Waals surface area contributed by atoms with E-state index >= 15 is 0 Å². The predicted octanol–water partition coefficient (Wildman–Crippen LogP) is 4.19. The fourth-order valence-electron chi connectivity index (χ4n) is 2.12. The lowest BCUT2D eigenvalue weighted by molar-refractivity contribution is 0.675. The minimum atomic E-state index is 0.918. The van der Waals surface area contributed by atoms with Gasteiger partial charge in [-0.15, -0.1) is 23.1 Å². The number of thioether (sulfide) groups is 1. The molecule has 0 saturated carbocycles. The molecule has 0 aliphatic carbocycles. The highest BCUT2D eigenvalue weighted by Crippen LogP contribution is 2.23. The minimum Gasteiger partial charge on any atom is -0.313 e. The van der Waals surface area contributed by atoms with Crippen molar-refractivity contribution in [3.8, 4) is 0 Å². The third-order valence-corrected chi connectivity index (χ3v) is 5.03. The van der Waals surface area contributed by atoms with Gasteiger partial charge in [-0.1, -0.05) is 19.1 Å². The standard InChI is InChI=1S/C16H19N3S2/c1-2-7-17-10-13-3-5-15(6-4-13)21-12-14-11-19-8-9-20-16(19)18-14/h3-6,8-9,11,17H,2,7,10,12H2,1H3. The van der Waals surface area contributed by atoms with E-state index in [9.17, 15) is 0 Å². The third kappa shape index (κ3) is 3.87. The quantitative estimate of drug-likeness (QED) is 0.523. The number of nitrogens with zero attached hydrogens (tertiary/aromatic N) is 2. The average Bonchev–Trinajstić information content (AvgIpc) is 3.08. The summed E-state index contributed by atoms with van der Waals surface area (Å²) < 4.78 is 2.09. The fraction of sp³-hybridized carbons (Fsp3) is 0.312. The van der Waals surface area contributed by atoms with E-state index in [1.807, 2.05) is 11.8 Å². The molecule has 0 radical (unpaired) electrons. The van der Waals surface area contributed by atoms with Crippen molar-refractivity contribution < 1.29 is 0 Å². The number of thiazole rings is 1. The molecule has 1 aromatic carbocycles. The molecule has 3 aromatic rings. The van der Waals surface area contributed by atoms with Crippen molar-refractivity contribution in [3.05, 3.63) is 53.3 Å². The SMILES string of the molecule is CCCNCc1ccc(SCc2cn3ccsc3n2)cc1. The predicted molar refractivity (Wildman–Crippen MR) is 91.1 cm³/mol. The van der Waals surface area contributed by atoms with Crippen molar-refractivity contribution in [2.75, 3.05) is 6.54 Å². The molecule has 0 bridgehead atoms. The van der Waals surface area contributed by atoms with Crippen LogP contribution >= 0.6 is 23.1 Å². The van der Waals surface area contributed by atoms with Crippen molar-refractivity contribution in [2.45, 2.75) is 30.5 Å². The van der Waals surface area contributed by atoms with E-state index in [0.717, 1.165) is 29.5 Å². The van der Waals surface area contributed by atoms with Crippen molar-refractivity contribution in [3.63, 3.8) is 0 Å².